The minimum Gasteiger partial charge on any atom is -0.379 e. The van der Waals surface area contributed by atoms with Gasteiger partial charge in [0, 0.05) is 48.7 Å². The van der Waals surface area contributed by atoms with Crippen molar-refractivity contribution in [1.29, 1.82) is 0 Å². The summed E-state index contributed by atoms with van der Waals surface area (Å²) in [6.45, 7) is 1.88. The number of fused-ring (bicyclic) bond motifs is 3. The van der Waals surface area contributed by atoms with Gasteiger partial charge >= 0.3 is 0 Å². The van der Waals surface area contributed by atoms with Gasteiger partial charge in [0.25, 0.3) is 0 Å². The number of hydrogen-bond acceptors (Lipinski definition) is 3. The van der Waals surface area contributed by atoms with E-state index in [1.807, 2.05) is 10.6 Å². The number of halogens is 2. The number of rotatable bonds is 4. The molecule has 8 heteroatoms. The molecule has 2 fully saturated rings. The van der Waals surface area contributed by atoms with Crippen LogP contribution in [0.1, 0.15) is 43.5 Å². The van der Waals surface area contributed by atoms with Crippen LogP contribution >= 0.6 is 28.1 Å². The summed E-state index contributed by atoms with van der Waals surface area (Å²) in [5.74, 6) is -0.165. The van der Waals surface area contributed by atoms with E-state index < -0.39 is 0 Å². The van der Waals surface area contributed by atoms with Crippen LogP contribution in [-0.2, 0) is 34.9 Å². The second kappa shape index (κ2) is 7.03. The number of nitrogens with one attached hydrogen (secondary N) is 1. The molecule has 29 heavy (non-hydrogen) atoms. The van der Waals surface area contributed by atoms with Crippen molar-refractivity contribution in [3.05, 3.63) is 50.2 Å². The van der Waals surface area contributed by atoms with Crippen LogP contribution in [-0.4, -0.2) is 34.3 Å². The molecule has 1 saturated heterocycles. The van der Waals surface area contributed by atoms with Crippen LogP contribution in [0.5, 0.6) is 0 Å². The third-order valence-corrected chi connectivity index (χ3v) is 7.47. The van der Waals surface area contributed by atoms with E-state index >= 15 is 0 Å². The molecule has 0 spiro atoms. The van der Waals surface area contributed by atoms with E-state index in [1.165, 1.54) is 6.07 Å². The van der Waals surface area contributed by atoms with Gasteiger partial charge < -0.3 is 19.2 Å². The number of carbonyl (C=O) groups is 1. The molecular formula is C21H23BrFN3O2S. The molecule has 2 aromatic rings. The lowest BCUT2D eigenvalue weighted by Gasteiger charge is -2.23. The van der Waals surface area contributed by atoms with E-state index in [4.69, 9.17) is 18.3 Å². The van der Waals surface area contributed by atoms with Crippen molar-refractivity contribution in [3.63, 3.8) is 0 Å². The van der Waals surface area contributed by atoms with E-state index in [0.717, 1.165) is 41.7 Å². The van der Waals surface area contributed by atoms with Crippen molar-refractivity contribution in [1.82, 2.24) is 14.5 Å². The molecule has 1 aliphatic carbocycles. The standard InChI is InChI=1S/C21H23BrFN3O2S/c1-25-17(8-18(27)24-13-3-2-6-28-10-13)19-15-9-21(15,11-26(19)20(25)29)14-7-12(22)4-5-16(14)23/h4-5,7,13,15H,2-3,6,8-11H2,1H3,(H,24,27)/t13-,15+,21-/m1/s1/i1D. The Labute approximate surface area is 183 Å². The number of carbonyl (C=O) groups excluding carboxylic acids is 1. The summed E-state index contributed by atoms with van der Waals surface area (Å²) >= 11 is 9.09. The molecule has 3 heterocycles. The highest BCUT2D eigenvalue weighted by atomic mass is 79.9. The molecule has 1 aromatic heterocycles. The topological polar surface area (TPSA) is 48.2 Å². The average molecular weight is 481 g/mol. The normalized spacial score (nSPS) is 27.9. The van der Waals surface area contributed by atoms with Crippen LogP contribution < -0.4 is 5.32 Å². The van der Waals surface area contributed by atoms with Gasteiger partial charge in [-0.1, -0.05) is 15.9 Å². The van der Waals surface area contributed by atoms with Gasteiger partial charge in [0.1, 0.15) is 5.82 Å². The van der Waals surface area contributed by atoms with Gasteiger partial charge in [-0.25, -0.2) is 4.39 Å². The van der Waals surface area contributed by atoms with E-state index in [2.05, 4.69) is 21.2 Å². The third-order valence-electron chi connectivity index (χ3n) is 6.54. The number of amides is 1. The smallest absolute Gasteiger partial charge is 0.226 e. The summed E-state index contributed by atoms with van der Waals surface area (Å²) in [5.41, 5.74) is 2.19. The lowest BCUT2D eigenvalue weighted by Crippen LogP contribution is -2.41. The Hall–Kier alpha value is -1.51. The van der Waals surface area contributed by atoms with Crippen molar-refractivity contribution in [2.45, 2.75) is 49.6 Å². The quantitative estimate of drug-likeness (QED) is 0.678. The molecule has 5 nitrogen and oxygen atoms in total. The molecule has 0 unspecified atom stereocenters. The fraction of sp³-hybridized carbons (Fsp3) is 0.524. The Bertz CT molecular complexity index is 1080. The highest BCUT2D eigenvalue weighted by Crippen LogP contribution is 2.66. The number of nitrogens with zero attached hydrogens (tertiary/aromatic N) is 2. The van der Waals surface area contributed by atoms with Crippen LogP contribution in [0.15, 0.2) is 22.7 Å². The van der Waals surface area contributed by atoms with Crippen LogP contribution in [0.4, 0.5) is 4.39 Å². The Morgan fingerprint density at radius 1 is 1.55 bits per heavy atom. The molecule has 154 valence electrons. The molecule has 1 aromatic carbocycles. The van der Waals surface area contributed by atoms with Crippen LogP contribution in [0.3, 0.4) is 0 Å². The molecule has 1 N–H and O–H groups in total. The number of ether oxygens (including phenoxy) is 1. The predicted octanol–water partition coefficient (Wildman–Crippen LogP) is 3.73. The summed E-state index contributed by atoms with van der Waals surface area (Å²) in [5, 5.41) is 3.06. The first kappa shape index (κ1) is 18.3. The molecular weight excluding hydrogens is 457 g/mol. The van der Waals surface area contributed by atoms with Gasteiger partial charge in [0.2, 0.25) is 5.91 Å². The van der Waals surface area contributed by atoms with Gasteiger partial charge in [-0.3, -0.25) is 4.79 Å². The summed E-state index contributed by atoms with van der Waals surface area (Å²) < 4.78 is 33.2. The maximum atomic E-state index is 14.7. The number of aromatic nitrogens is 2. The van der Waals surface area contributed by atoms with Crippen molar-refractivity contribution in [2.75, 3.05) is 13.2 Å². The Kier molecular flexibility index (Phi) is 4.43. The lowest BCUT2D eigenvalue weighted by atomic mass is 9.93. The number of hydrogen-bond donors (Lipinski definition) is 1. The van der Waals surface area contributed by atoms with Gasteiger partial charge in [-0.05, 0) is 55.2 Å². The molecule has 0 radical (unpaired) electrons. The van der Waals surface area contributed by atoms with Gasteiger partial charge in [-0.2, -0.15) is 0 Å². The highest BCUT2D eigenvalue weighted by molar-refractivity contribution is 9.10. The van der Waals surface area contributed by atoms with Gasteiger partial charge in [0.15, 0.2) is 4.77 Å². The average Bonchev–Trinajstić information content (AvgIpc) is 3.26. The first-order valence-electron chi connectivity index (χ1n) is 10.6. The maximum Gasteiger partial charge on any atom is 0.226 e. The zero-order chi connectivity index (χ0) is 21.0. The zero-order valence-electron chi connectivity index (χ0n) is 16.9. The highest BCUT2D eigenvalue weighted by Gasteiger charge is 2.63. The van der Waals surface area contributed by atoms with E-state index in [9.17, 15) is 9.18 Å². The first-order chi connectivity index (χ1) is 14.4. The Morgan fingerprint density at radius 2 is 2.41 bits per heavy atom. The second-order valence-corrected chi connectivity index (χ2v) is 9.60. The van der Waals surface area contributed by atoms with E-state index in [1.54, 1.807) is 10.6 Å². The minimum atomic E-state index is -0.305. The molecule has 1 amide bonds. The van der Waals surface area contributed by atoms with Gasteiger partial charge in [-0.15, -0.1) is 0 Å². The summed E-state index contributed by atoms with van der Waals surface area (Å²) in [7, 11) is -0.0288. The first-order valence-corrected chi connectivity index (χ1v) is 11.1. The monoisotopic (exact) mass is 480 g/mol. The van der Waals surface area contributed by atoms with Crippen LogP contribution in [0, 0.1) is 10.6 Å². The van der Waals surface area contributed by atoms with E-state index in [-0.39, 0.29) is 42.5 Å². The molecule has 2 aliphatic heterocycles. The van der Waals surface area contributed by atoms with Gasteiger partial charge in [0.05, 0.1) is 19.1 Å². The SMILES string of the molecule is [2H]Cn1c(CC(=O)N[C@@H]2CCCOC2)c2n(c1=S)C[C@@]1(c3cc(Br)ccc3F)C[C@@H]21. The predicted molar refractivity (Wildman–Crippen MR) is 113 cm³/mol. The van der Waals surface area contributed by atoms with Crippen LogP contribution in [0.2, 0.25) is 0 Å². The maximum absolute atomic E-state index is 14.7. The molecule has 5 rings (SSSR count). The van der Waals surface area contributed by atoms with Crippen molar-refractivity contribution < 1.29 is 15.3 Å². The van der Waals surface area contributed by atoms with Crippen LogP contribution in [0.25, 0.3) is 0 Å². The molecule has 0 bridgehead atoms. The summed E-state index contributed by atoms with van der Waals surface area (Å²) in [6, 6.07) is 5.10. The summed E-state index contributed by atoms with van der Waals surface area (Å²) in [6.07, 6.45) is 2.87. The second-order valence-electron chi connectivity index (χ2n) is 8.32. The van der Waals surface area contributed by atoms with Crippen molar-refractivity contribution in [2.24, 2.45) is 7.02 Å². The molecule has 1 saturated carbocycles. The summed E-state index contributed by atoms with van der Waals surface area (Å²) in [4.78, 5) is 12.8. The molecule has 3 aliphatic rings. The third kappa shape index (κ3) is 3.11. The van der Waals surface area contributed by atoms with Crippen molar-refractivity contribution in [3.8, 4) is 0 Å². The number of imidazole rings is 1. The Balaban J connectivity index is 1.45. The fourth-order valence-electron chi connectivity index (χ4n) is 5.05. The fourth-order valence-corrected chi connectivity index (χ4v) is 5.69. The molecule has 3 atom stereocenters. The zero-order valence-corrected chi connectivity index (χ0v) is 18.3. The lowest BCUT2D eigenvalue weighted by molar-refractivity contribution is -0.122. The largest absolute Gasteiger partial charge is 0.379 e. The number of benzene rings is 1. The van der Waals surface area contributed by atoms with E-state index in [0.29, 0.717) is 23.5 Å². The minimum absolute atomic E-state index is 0.0288. The Morgan fingerprint density at radius 3 is 3.17 bits per heavy atom. The van der Waals surface area contributed by atoms with Crippen molar-refractivity contribution >= 4 is 34.1 Å².